The van der Waals surface area contributed by atoms with Gasteiger partial charge < -0.3 is 15.1 Å². The van der Waals surface area contributed by atoms with Crippen LogP contribution in [0.25, 0.3) is 0 Å². The lowest BCUT2D eigenvalue weighted by Gasteiger charge is -2.41. The van der Waals surface area contributed by atoms with Crippen molar-refractivity contribution >= 4 is 29.6 Å². The van der Waals surface area contributed by atoms with Gasteiger partial charge in [0.2, 0.25) is 5.91 Å². The first-order chi connectivity index (χ1) is 13.9. The first-order valence-electron chi connectivity index (χ1n) is 10.0. The zero-order valence-corrected chi connectivity index (χ0v) is 17.3. The molecule has 3 rings (SSSR count). The van der Waals surface area contributed by atoms with Gasteiger partial charge >= 0.3 is 11.9 Å². The molecular formula is C21H28N2O5S. The molecule has 158 valence electrons. The molecular weight excluding hydrogens is 392 g/mol. The Morgan fingerprint density at radius 2 is 1.93 bits per heavy atom. The van der Waals surface area contributed by atoms with Gasteiger partial charge in [0.05, 0.1) is 6.04 Å². The third kappa shape index (κ3) is 5.11. The summed E-state index contributed by atoms with van der Waals surface area (Å²) in [5, 5.41) is 22.2. The summed E-state index contributed by atoms with van der Waals surface area (Å²) in [5.41, 5.74) is 1.03. The fourth-order valence-electron chi connectivity index (χ4n) is 4.36. The number of amides is 1. The molecule has 1 aromatic rings. The average molecular weight is 421 g/mol. The van der Waals surface area contributed by atoms with Crippen LogP contribution in [0.4, 0.5) is 0 Å². The number of aliphatic carboxylic acids is 2. The number of hydrogen-bond acceptors (Lipinski definition) is 5. The van der Waals surface area contributed by atoms with Crippen LogP contribution >= 0.6 is 11.8 Å². The van der Waals surface area contributed by atoms with Crippen molar-refractivity contribution in [2.45, 2.75) is 44.3 Å². The molecule has 0 radical (unpaired) electrons. The Labute approximate surface area is 174 Å². The van der Waals surface area contributed by atoms with Crippen molar-refractivity contribution in [3.8, 4) is 0 Å². The number of hydrogen-bond donors (Lipinski definition) is 3. The standard InChI is InChI=1S/C21H28N2O5S/c1-13(22-17(20(25)26)8-7-14-5-3-2-4-6-14)19(24)23-10-9-15-11-29-12-16(15)18(23)21(27)28/h2-6,13,15-18,22H,7-12H2,1H3,(H,25,26)(H,27,28)/t13?,15?,16?,17-,18-/m0/s1. The molecule has 0 bridgehead atoms. The van der Waals surface area contributed by atoms with Crippen molar-refractivity contribution in [2.24, 2.45) is 11.8 Å². The van der Waals surface area contributed by atoms with Gasteiger partial charge in [0.1, 0.15) is 12.1 Å². The number of carboxylic acid groups (broad SMARTS) is 2. The Morgan fingerprint density at radius 1 is 1.21 bits per heavy atom. The van der Waals surface area contributed by atoms with Crippen molar-refractivity contribution in [2.75, 3.05) is 18.1 Å². The monoisotopic (exact) mass is 420 g/mol. The van der Waals surface area contributed by atoms with E-state index in [2.05, 4.69) is 5.32 Å². The SMILES string of the molecule is CC(N[C@@H](CCc1ccccc1)C(=O)O)C(=O)N1CCC2CSCC2[C@H]1C(=O)O. The number of benzene rings is 1. The van der Waals surface area contributed by atoms with Crippen molar-refractivity contribution in [1.29, 1.82) is 0 Å². The number of nitrogens with one attached hydrogen (secondary N) is 1. The van der Waals surface area contributed by atoms with Gasteiger partial charge in [0.25, 0.3) is 0 Å². The van der Waals surface area contributed by atoms with Crippen LogP contribution in [-0.2, 0) is 20.8 Å². The summed E-state index contributed by atoms with van der Waals surface area (Å²) in [5.74, 6) is -0.309. The van der Waals surface area contributed by atoms with Gasteiger partial charge in [-0.25, -0.2) is 4.79 Å². The molecule has 0 aliphatic carbocycles. The fourth-order valence-corrected chi connectivity index (χ4v) is 5.94. The number of carbonyl (C=O) groups is 3. The summed E-state index contributed by atoms with van der Waals surface area (Å²) in [6.45, 7) is 2.03. The number of carboxylic acids is 2. The molecule has 2 fully saturated rings. The van der Waals surface area contributed by atoms with Crippen molar-refractivity contribution < 1.29 is 24.6 Å². The van der Waals surface area contributed by atoms with Gasteiger partial charge in [-0.15, -0.1) is 0 Å². The number of nitrogens with zero attached hydrogens (tertiary/aromatic N) is 1. The lowest BCUT2D eigenvalue weighted by Crippen LogP contribution is -2.60. The summed E-state index contributed by atoms with van der Waals surface area (Å²) in [6.07, 6.45) is 1.73. The molecule has 1 aromatic carbocycles. The molecule has 7 nitrogen and oxygen atoms in total. The quantitative estimate of drug-likeness (QED) is 0.588. The van der Waals surface area contributed by atoms with Crippen LogP contribution in [0, 0.1) is 11.8 Å². The fraction of sp³-hybridized carbons (Fsp3) is 0.571. The van der Waals surface area contributed by atoms with E-state index in [1.807, 2.05) is 30.3 Å². The molecule has 8 heteroatoms. The van der Waals surface area contributed by atoms with Gasteiger partial charge in [-0.1, -0.05) is 30.3 Å². The Morgan fingerprint density at radius 3 is 2.59 bits per heavy atom. The second kappa shape index (κ2) is 9.63. The minimum atomic E-state index is -1.01. The predicted molar refractivity (Wildman–Crippen MR) is 111 cm³/mol. The van der Waals surface area contributed by atoms with Crippen LogP contribution in [0.5, 0.6) is 0 Å². The maximum absolute atomic E-state index is 13.0. The highest BCUT2D eigenvalue weighted by molar-refractivity contribution is 7.99. The van der Waals surface area contributed by atoms with E-state index in [-0.39, 0.29) is 11.8 Å². The summed E-state index contributed by atoms with van der Waals surface area (Å²) in [4.78, 5) is 38.1. The maximum atomic E-state index is 13.0. The minimum absolute atomic E-state index is 0.0317. The van der Waals surface area contributed by atoms with Crippen molar-refractivity contribution in [1.82, 2.24) is 10.2 Å². The van der Waals surface area contributed by atoms with E-state index in [1.165, 1.54) is 4.90 Å². The van der Waals surface area contributed by atoms with Crippen molar-refractivity contribution in [3.05, 3.63) is 35.9 Å². The summed E-state index contributed by atoms with van der Waals surface area (Å²) < 4.78 is 0. The Bertz CT molecular complexity index is 744. The molecule has 3 unspecified atom stereocenters. The van der Waals surface area contributed by atoms with Crippen molar-refractivity contribution in [3.63, 3.8) is 0 Å². The van der Waals surface area contributed by atoms with Crippen LogP contribution in [-0.4, -0.2) is 69.1 Å². The largest absolute Gasteiger partial charge is 0.480 e. The van der Waals surface area contributed by atoms with E-state index >= 15 is 0 Å². The Balaban J connectivity index is 1.64. The highest BCUT2D eigenvalue weighted by atomic mass is 32.2. The van der Waals surface area contributed by atoms with E-state index in [1.54, 1.807) is 18.7 Å². The van der Waals surface area contributed by atoms with Crippen LogP contribution in [0.15, 0.2) is 30.3 Å². The topological polar surface area (TPSA) is 107 Å². The second-order valence-electron chi connectivity index (χ2n) is 7.87. The van der Waals surface area contributed by atoms with Gasteiger partial charge in [-0.2, -0.15) is 11.8 Å². The number of fused-ring (bicyclic) bond motifs is 1. The zero-order valence-electron chi connectivity index (χ0n) is 16.5. The average Bonchev–Trinajstić information content (AvgIpc) is 3.18. The van der Waals surface area contributed by atoms with E-state index < -0.39 is 30.1 Å². The first kappa shape index (κ1) is 21.6. The lowest BCUT2D eigenvalue weighted by molar-refractivity contribution is -0.157. The van der Waals surface area contributed by atoms with E-state index in [0.29, 0.717) is 25.3 Å². The molecule has 3 N–H and O–H groups in total. The zero-order chi connectivity index (χ0) is 21.0. The number of aryl methyl sites for hydroxylation is 1. The van der Waals surface area contributed by atoms with Crippen LogP contribution in [0.3, 0.4) is 0 Å². The van der Waals surface area contributed by atoms with Crippen LogP contribution in [0.2, 0.25) is 0 Å². The van der Waals surface area contributed by atoms with Gasteiger partial charge in [0, 0.05) is 12.5 Å². The van der Waals surface area contributed by atoms with E-state index in [0.717, 1.165) is 23.5 Å². The molecule has 29 heavy (non-hydrogen) atoms. The highest BCUT2D eigenvalue weighted by Crippen LogP contribution is 2.40. The third-order valence-corrected chi connectivity index (χ3v) is 7.23. The van der Waals surface area contributed by atoms with E-state index in [9.17, 15) is 24.6 Å². The number of likely N-dealkylation sites (tertiary alicyclic amines) is 1. The summed E-state index contributed by atoms with van der Waals surface area (Å²) >= 11 is 1.75. The molecule has 0 aromatic heterocycles. The third-order valence-electron chi connectivity index (χ3n) is 5.95. The maximum Gasteiger partial charge on any atom is 0.326 e. The summed E-state index contributed by atoms with van der Waals surface area (Å²) in [6, 6.07) is 7.12. The lowest BCUT2D eigenvalue weighted by atomic mass is 9.81. The predicted octanol–water partition coefficient (Wildman–Crippen LogP) is 1.72. The summed E-state index contributed by atoms with van der Waals surface area (Å²) in [7, 11) is 0. The molecule has 0 saturated carbocycles. The highest BCUT2D eigenvalue weighted by Gasteiger charge is 2.47. The molecule has 1 amide bonds. The van der Waals surface area contributed by atoms with Gasteiger partial charge in [0.15, 0.2) is 0 Å². The molecule has 2 aliphatic heterocycles. The Kier molecular flexibility index (Phi) is 7.18. The number of piperidine rings is 1. The molecule has 2 heterocycles. The molecule has 2 aliphatic rings. The Hall–Kier alpha value is -2.06. The number of rotatable bonds is 8. The normalized spacial score (nSPS) is 25.8. The smallest absolute Gasteiger partial charge is 0.326 e. The van der Waals surface area contributed by atoms with Gasteiger partial charge in [-0.05, 0) is 49.2 Å². The molecule has 0 spiro atoms. The van der Waals surface area contributed by atoms with Gasteiger partial charge in [-0.3, -0.25) is 14.9 Å². The second-order valence-corrected chi connectivity index (χ2v) is 8.94. The first-order valence-corrected chi connectivity index (χ1v) is 11.2. The van der Waals surface area contributed by atoms with E-state index in [4.69, 9.17) is 0 Å². The van der Waals surface area contributed by atoms with Crippen LogP contribution < -0.4 is 5.32 Å². The number of carbonyl (C=O) groups excluding carboxylic acids is 1. The minimum Gasteiger partial charge on any atom is -0.480 e. The molecule has 5 atom stereocenters. The van der Waals surface area contributed by atoms with Crippen LogP contribution in [0.1, 0.15) is 25.3 Å². The molecule has 2 saturated heterocycles. The number of thioether (sulfide) groups is 1.